The highest BCUT2D eigenvalue weighted by Gasteiger charge is 2.11. The van der Waals surface area contributed by atoms with Crippen molar-refractivity contribution in [3.05, 3.63) is 42.1 Å². The fraction of sp³-hybridized carbons (Fsp3) is 0.100. The van der Waals surface area contributed by atoms with E-state index in [0.717, 1.165) is 0 Å². The Morgan fingerprint density at radius 2 is 2.12 bits per heavy atom. The molecule has 2 aromatic rings. The summed E-state index contributed by atoms with van der Waals surface area (Å²) in [6.45, 7) is 0.259. The van der Waals surface area contributed by atoms with E-state index in [-0.39, 0.29) is 18.3 Å². The third-order valence-corrected chi connectivity index (χ3v) is 1.88. The molecular weight excluding hydrogens is 208 g/mol. The topological polar surface area (TPSA) is 94.0 Å². The third kappa shape index (κ3) is 2.23. The Balaban J connectivity index is 2.09. The first-order chi connectivity index (χ1) is 7.79. The minimum atomic E-state index is -0.397. The van der Waals surface area contributed by atoms with Gasteiger partial charge in [0, 0.05) is 12.4 Å². The first-order valence-electron chi connectivity index (χ1n) is 4.67. The van der Waals surface area contributed by atoms with Crippen molar-refractivity contribution in [1.82, 2.24) is 9.97 Å². The van der Waals surface area contributed by atoms with E-state index >= 15 is 0 Å². The molecule has 0 aromatic carbocycles. The maximum absolute atomic E-state index is 11.6. The van der Waals surface area contributed by atoms with E-state index in [9.17, 15) is 4.79 Å². The maximum Gasteiger partial charge on any atom is 0.293 e. The fourth-order valence-electron chi connectivity index (χ4n) is 1.14. The highest BCUT2D eigenvalue weighted by molar-refractivity contribution is 6.01. The number of hydrogen-bond donors (Lipinski definition) is 2. The van der Waals surface area contributed by atoms with E-state index in [4.69, 9.17) is 10.2 Å². The number of rotatable bonds is 3. The Morgan fingerprint density at radius 1 is 1.38 bits per heavy atom. The Bertz CT molecular complexity index is 481. The molecule has 16 heavy (non-hydrogen) atoms. The van der Waals surface area contributed by atoms with Crippen molar-refractivity contribution in [2.75, 3.05) is 5.32 Å². The summed E-state index contributed by atoms with van der Waals surface area (Å²) in [5, 5.41) is 2.50. The predicted molar refractivity (Wildman–Crippen MR) is 56.6 cm³/mol. The Labute approximate surface area is 91.5 Å². The minimum Gasteiger partial charge on any atom is -0.455 e. The van der Waals surface area contributed by atoms with Crippen LogP contribution in [0.2, 0.25) is 0 Å². The second-order valence-corrected chi connectivity index (χ2v) is 3.00. The molecule has 0 aliphatic rings. The molecule has 0 aliphatic heterocycles. The Kier molecular flexibility index (Phi) is 2.93. The molecule has 6 nitrogen and oxygen atoms in total. The molecule has 0 fully saturated rings. The monoisotopic (exact) mass is 218 g/mol. The van der Waals surface area contributed by atoms with Crippen LogP contribution in [0.5, 0.6) is 0 Å². The number of amides is 1. The van der Waals surface area contributed by atoms with E-state index in [1.54, 1.807) is 18.2 Å². The Hall–Kier alpha value is -2.21. The van der Waals surface area contributed by atoms with Gasteiger partial charge in [0.2, 0.25) is 5.95 Å². The van der Waals surface area contributed by atoms with Crippen LogP contribution in [-0.2, 0) is 6.54 Å². The molecule has 2 heterocycles. The van der Waals surface area contributed by atoms with Gasteiger partial charge in [0.25, 0.3) is 5.91 Å². The van der Waals surface area contributed by atoms with Gasteiger partial charge in [0.15, 0.2) is 5.76 Å². The highest BCUT2D eigenvalue weighted by atomic mass is 16.4. The molecule has 0 radical (unpaired) electrons. The van der Waals surface area contributed by atoms with E-state index < -0.39 is 5.91 Å². The van der Waals surface area contributed by atoms with Gasteiger partial charge in [0.1, 0.15) is 5.76 Å². The van der Waals surface area contributed by atoms with E-state index in [1.165, 1.54) is 12.4 Å². The molecule has 82 valence electrons. The van der Waals surface area contributed by atoms with Crippen LogP contribution in [-0.4, -0.2) is 15.9 Å². The minimum absolute atomic E-state index is 0.188. The second-order valence-electron chi connectivity index (χ2n) is 3.00. The van der Waals surface area contributed by atoms with Crippen LogP contribution >= 0.6 is 0 Å². The molecule has 0 aliphatic carbocycles. The number of nitrogens with two attached hydrogens (primary N) is 1. The van der Waals surface area contributed by atoms with Crippen molar-refractivity contribution < 1.29 is 9.21 Å². The largest absolute Gasteiger partial charge is 0.455 e. The number of nitrogens with one attached hydrogen (secondary N) is 1. The van der Waals surface area contributed by atoms with Crippen molar-refractivity contribution in [3.63, 3.8) is 0 Å². The van der Waals surface area contributed by atoms with E-state index in [2.05, 4.69) is 15.3 Å². The lowest BCUT2D eigenvalue weighted by atomic mass is 10.4. The molecule has 0 atom stereocenters. The maximum atomic E-state index is 11.6. The second kappa shape index (κ2) is 4.54. The summed E-state index contributed by atoms with van der Waals surface area (Å²) >= 11 is 0. The summed E-state index contributed by atoms with van der Waals surface area (Å²) in [4.78, 5) is 19.3. The van der Waals surface area contributed by atoms with Crippen LogP contribution in [0.4, 0.5) is 5.95 Å². The van der Waals surface area contributed by atoms with Crippen LogP contribution in [0.1, 0.15) is 16.3 Å². The van der Waals surface area contributed by atoms with Crippen LogP contribution in [0.25, 0.3) is 0 Å². The summed E-state index contributed by atoms with van der Waals surface area (Å²) in [6, 6.07) is 4.87. The van der Waals surface area contributed by atoms with E-state index in [0.29, 0.717) is 5.76 Å². The SMILES string of the molecule is NCc1ccc(C(=O)Nc2ncccn2)o1. The van der Waals surface area contributed by atoms with Gasteiger partial charge >= 0.3 is 0 Å². The van der Waals surface area contributed by atoms with E-state index in [1.807, 2.05) is 0 Å². The summed E-state index contributed by atoms with van der Waals surface area (Å²) < 4.78 is 5.17. The van der Waals surface area contributed by atoms with Gasteiger partial charge in [-0.05, 0) is 18.2 Å². The van der Waals surface area contributed by atoms with Crippen LogP contribution in [0.3, 0.4) is 0 Å². The number of nitrogens with zero attached hydrogens (tertiary/aromatic N) is 2. The quantitative estimate of drug-likeness (QED) is 0.793. The fourth-order valence-corrected chi connectivity index (χ4v) is 1.14. The number of aromatic nitrogens is 2. The highest BCUT2D eigenvalue weighted by Crippen LogP contribution is 2.08. The molecule has 2 aromatic heterocycles. The van der Waals surface area contributed by atoms with Gasteiger partial charge in [-0.15, -0.1) is 0 Å². The van der Waals surface area contributed by atoms with Crippen molar-refractivity contribution >= 4 is 11.9 Å². The zero-order valence-electron chi connectivity index (χ0n) is 8.38. The first-order valence-corrected chi connectivity index (χ1v) is 4.67. The van der Waals surface area contributed by atoms with Gasteiger partial charge in [0.05, 0.1) is 6.54 Å². The summed E-state index contributed by atoms with van der Waals surface area (Å²) in [7, 11) is 0. The van der Waals surface area contributed by atoms with Gasteiger partial charge in [-0.2, -0.15) is 0 Å². The molecule has 0 spiro atoms. The molecule has 0 unspecified atom stereocenters. The molecule has 0 bridgehead atoms. The Morgan fingerprint density at radius 3 is 2.75 bits per heavy atom. The molecular formula is C10H10N4O2. The average molecular weight is 218 g/mol. The number of carbonyl (C=O) groups excluding carboxylic acids is 1. The lowest BCUT2D eigenvalue weighted by molar-refractivity contribution is 0.0994. The van der Waals surface area contributed by atoms with Crippen molar-refractivity contribution in [1.29, 1.82) is 0 Å². The van der Waals surface area contributed by atoms with Crippen molar-refractivity contribution in [2.24, 2.45) is 5.73 Å². The van der Waals surface area contributed by atoms with Crippen LogP contribution < -0.4 is 11.1 Å². The summed E-state index contributed by atoms with van der Waals surface area (Å²) in [5.74, 6) is 0.580. The third-order valence-electron chi connectivity index (χ3n) is 1.88. The molecule has 1 amide bonds. The van der Waals surface area contributed by atoms with Gasteiger partial charge < -0.3 is 10.2 Å². The summed E-state index contributed by atoms with van der Waals surface area (Å²) in [6.07, 6.45) is 3.08. The number of furan rings is 1. The zero-order valence-corrected chi connectivity index (χ0v) is 8.38. The average Bonchev–Trinajstić information content (AvgIpc) is 2.79. The zero-order chi connectivity index (χ0) is 11.4. The van der Waals surface area contributed by atoms with Crippen molar-refractivity contribution in [3.8, 4) is 0 Å². The molecule has 0 saturated carbocycles. The lowest BCUT2D eigenvalue weighted by Gasteiger charge is -1.99. The molecule has 6 heteroatoms. The predicted octanol–water partition coefficient (Wildman–Crippen LogP) is 0.781. The molecule has 2 rings (SSSR count). The van der Waals surface area contributed by atoms with Gasteiger partial charge in [-0.3, -0.25) is 10.1 Å². The standard InChI is InChI=1S/C10H10N4O2/c11-6-7-2-3-8(16-7)9(15)14-10-12-4-1-5-13-10/h1-5H,6,11H2,(H,12,13,14,15). The number of carbonyl (C=O) groups is 1. The molecule has 3 N–H and O–H groups in total. The first kappa shape index (κ1) is 10.3. The van der Waals surface area contributed by atoms with Gasteiger partial charge in [-0.25, -0.2) is 9.97 Å². The van der Waals surface area contributed by atoms with Gasteiger partial charge in [-0.1, -0.05) is 0 Å². The number of hydrogen-bond acceptors (Lipinski definition) is 5. The summed E-state index contributed by atoms with van der Waals surface area (Å²) in [5.41, 5.74) is 5.37. The van der Waals surface area contributed by atoms with Crippen LogP contribution in [0.15, 0.2) is 35.0 Å². The lowest BCUT2D eigenvalue weighted by Crippen LogP contribution is -2.13. The number of anilines is 1. The normalized spacial score (nSPS) is 10.1. The van der Waals surface area contributed by atoms with Crippen molar-refractivity contribution in [2.45, 2.75) is 6.54 Å². The van der Waals surface area contributed by atoms with Crippen LogP contribution in [0, 0.1) is 0 Å². The smallest absolute Gasteiger partial charge is 0.293 e. The molecule has 0 saturated heterocycles.